The van der Waals surface area contributed by atoms with Crippen LogP contribution < -0.4 is 10.6 Å². The van der Waals surface area contributed by atoms with Crippen LogP contribution in [0.2, 0.25) is 0 Å². The van der Waals surface area contributed by atoms with Crippen LogP contribution in [0.3, 0.4) is 0 Å². The summed E-state index contributed by atoms with van der Waals surface area (Å²) in [6.07, 6.45) is 9.49. The summed E-state index contributed by atoms with van der Waals surface area (Å²) >= 11 is 0. The van der Waals surface area contributed by atoms with E-state index in [2.05, 4.69) is 20.6 Å². The number of hydrogen-bond donors (Lipinski definition) is 2. The van der Waals surface area contributed by atoms with E-state index in [1.807, 2.05) is 10.8 Å². The van der Waals surface area contributed by atoms with E-state index in [0.717, 1.165) is 18.7 Å². The van der Waals surface area contributed by atoms with Crippen LogP contribution in [0.25, 0.3) is 0 Å². The van der Waals surface area contributed by atoms with E-state index in [-0.39, 0.29) is 5.91 Å². The molecule has 2 rings (SSSR count). The molecule has 0 saturated carbocycles. The standard InChI is InChI=1S/C13H17N5O/c1-14-12-3-5-15-9-11(12)13(19)17-4-2-7-18-8-6-16-10-18/h3,5-6,8-10H,2,4,7H2,1H3,(H,14,15)(H,17,19). The van der Waals surface area contributed by atoms with Crippen molar-refractivity contribution in [3.63, 3.8) is 0 Å². The maximum absolute atomic E-state index is 12.0. The molecule has 2 aromatic rings. The quantitative estimate of drug-likeness (QED) is 0.763. The second-order valence-corrected chi connectivity index (χ2v) is 4.08. The number of hydrogen-bond acceptors (Lipinski definition) is 4. The number of carbonyl (C=O) groups is 1. The van der Waals surface area contributed by atoms with E-state index in [0.29, 0.717) is 12.1 Å². The number of carbonyl (C=O) groups excluding carboxylic acids is 1. The van der Waals surface area contributed by atoms with E-state index >= 15 is 0 Å². The predicted molar refractivity (Wildman–Crippen MR) is 73.0 cm³/mol. The smallest absolute Gasteiger partial charge is 0.254 e. The van der Waals surface area contributed by atoms with Crippen molar-refractivity contribution in [3.05, 3.63) is 42.7 Å². The molecule has 2 aromatic heterocycles. The predicted octanol–water partition coefficient (Wildman–Crippen LogP) is 1.14. The fourth-order valence-electron chi connectivity index (χ4n) is 1.77. The molecule has 2 N–H and O–H groups in total. The Morgan fingerprint density at radius 1 is 1.37 bits per heavy atom. The van der Waals surface area contributed by atoms with Crippen LogP contribution in [-0.4, -0.2) is 34.0 Å². The number of nitrogens with one attached hydrogen (secondary N) is 2. The molecule has 0 aliphatic carbocycles. The van der Waals surface area contributed by atoms with Gasteiger partial charge < -0.3 is 15.2 Å². The fourth-order valence-corrected chi connectivity index (χ4v) is 1.77. The number of rotatable bonds is 6. The first-order valence-corrected chi connectivity index (χ1v) is 6.17. The fraction of sp³-hybridized carbons (Fsp3) is 0.308. The molecule has 0 aromatic carbocycles. The van der Waals surface area contributed by atoms with Crippen LogP contribution in [0.4, 0.5) is 5.69 Å². The Bertz CT molecular complexity index is 524. The molecule has 6 heteroatoms. The number of amides is 1. The first kappa shape index (κ1) is 13.1. The highest BCUT2D eigenvalue weighted by molar-refractivity contribution is 5.99. The van der Waals surface area contributed by atoms with Crippen LogP contribution in [0.15, 0.2) is 37.2 Å². The second kappa shape index (κ2) is 6.53. The summed E-state index contributed by atoms with van der Waals surface area (Å²) in [6.45, 7) is 1.46. The Morgan fingerprint density at radius 2 is 2.26 bits per heavy atom. The Labute approximate surface area is 111 Å². The van der Waals surface area contributed by atoms with E-state index in [1.165, 1.54) is 0 Å². The van der Waals surface area contributed by atoms with Gasteiger partial charge in [0.05, 0.1) is 11.9 Å². The van der Waals surface area contributed by atoms with Crippen molar-refractivity contribution >= 4 is 11.6 Å². The van der Waals surface area contributed by atoms with Crippen LogP contribution in [0, 0.1) is 0 Å². The number of nitrogens with zero attached hydrogens (tertiary/aromatic N) is 3. The van der Waals surface area contributed by atoms with E-state index in [9.17, 15) is 4.79 Å². The monoisotopic (exact) mass is 259 g/mol. The molecule has 2 heterocycles. The molecule has 6 nitrogen and oxygen atoms in total. The normalized spacial score (nSPS) is 10.2. The van der Waals surface area contributed by atoms with E-state index in [1.54, 1.807) is 38.0 Å². The van der Waals surface area contributed by atoms with E-state index < -0.39 is 0 Å². The second-order valence-electron chi connectivity index (χ2n) is 4.08. The van der Waals surface area contributed by atoms with Crippen LogP contribution in [0.5, 0.6) is 0 Å². The number of aryl methyl sites for hydroxylation is 1. The summed E-state index contributed by atoms with van der Waals surface area (Å²) in [5.41, 5.74) is 1.34. The summed E-state index contributed by atoms with van der Waals surface area (Å²) < 4.78 is 1.98. The van der Waals surface area contributed by atoms with Crippen LogP contribution in [0.1, 0.15) is 16.8 Å². The van der Waals surface area contributed by atoms with Gasteiger partial charge in [-0.15, -0.1) is 0 Å². The summed E-state index contributed by atoms with van der Waals surface area (Å²) in [5.74, 6) is -0.108. The van der Waals surface area contributed by atoms with Gasteiger partial charge in [0.25, 0.3) is 5.91 Å². The van der Waals surface area contributed by atoms with Crippen molar-refractivity contribution in [1.29, 1.82) is 0 Å². The minimum atomic E-state index is -0.108. The number of aromatic nitrogens is 3. The molecular formula is C13H17N5O. The molecule has 0 bridgehead atoms. The molecule has 0 spiro atoms. The van der Waals surface area contributed by atoms with Gasteiger partial charge in [-0.05, 0) is 12.5 Å². The number of imidazole rings is 1. The van der Waals surface area contributed by atoms with Crippen LogP contribution >= 0.6 is 0 Å². The largest absolute Gasteiger partial charge is 0.387 e. The topological polar surface area (TPSA) is 71.8 Å². The minimum Gasteiger partial charge on any atom is -0.387 e. The van der Waals surface area contributed by atoms with Crippen molar-refractivity contribution < 1.29 is 4.79 Å². The van der Waals surface area contributed by atoms with Gasteiger partial charge in [0.1, 0.15) is 0 Å². The van der Waals surface area contributed by atoms with Gasteiger partial charge in [0.2, 0.25) is 0 Å². The maximum Gasteiger partial charge on any atom is 0.254 e. The zero-order valence-electron chi connectivity index (χ0n) is 10.8. The third-order valence-electron chi connectivity index (χ3n) is 2.77. The molecule has 19 heavy (non-hydrogen) atoms. The minimum absolute atomic E-state index is 0.108. The zero-order valence-corrected chi connectivity index (χ0v) is 10.8. The lowest BCUT2D eigenvalue weighted by atomic mass is 10.2. The van der Waals surface area contributed by atoms with Crippen molar-refractivity contribution in [2.45, 2.75) is 13.0 Å². The first-order chi connectivity index (χ1) is 9.31. The highest BCUT2D eigenvalue weighted by Crippen LogP contribution is 2.11. The Morgan fingerprint density at radius 3 is 3.00 bits per heavy atom. The SMILES string of the molecule is CNc1ccncc1C(=O)NCCCn1ccnc1. The summed E-state index contributed by atoms with van der Waals surface area (Å²) in [7, 11) is 1.78. The lowest BCUT2D eigenvalue weighted by Gasteiger charge is -2.09. The van der Waals surface area contributed by atoms with Gasteiger partial charge in [-0.3, -0.25) is 9.78 Å². The molecular weight excluding hydrogens is 242 g/mol. The average molecular weight is 259 g/mol. The van der Waals surface area contributed by atoms with Gasteiger partial charge in [-0.1, -0.05) is 0 Å². The van der Waals surface area contributed by atoms with Crippen molar-refractivity contribution in [2.24, 2.45) is 0 Å². The summed E-state index contributed by atoms with van der Waals surface area (Å²) in [4.78, 5) is 19.9. The molecule has 0 unspecified atom stereocenters. The lowest BCUT2D eigenvalue weighted by Crippen LogP contribution is -2.26. The number of anilines is 1. The molecule has 0 aliphatic rings. The lowest BCUT2D eigenvalue weighted by molar-refractivity contribution is 0.0953. The Hall–Kier alpha value is -2.37. The zero-order chi connectivity index (χ0) is 13.5. The summed E-state index contributed by atoms with van der Waals surface area (Å²) in [5, 5.41) is 5.86. The van der Waals surface area contributed by atoms with E-state index in [4.69, 9.17) is 0 Å². The molecule has 0 radical (unpaired) electrons. The molecule has 1 amide bonds. The summed E-state index contributed by atoms with van der Waals surface area (Å²) in [6, 6.07) is 1.78. The molecule has 0 saturated heterocycles. The highest BCUT2D eigenvalue weighted by Gasteiger charge is 2.09. The first-order valence-electron chi connectivity index (χ1n) is 6.17. The van der Waals surface area contributed by atoms with Crippen LogP contribution in [-0.2, 0) is 6.54 Å². The number of pyridine rings is 1. The third kappa shape index (κ3) is 3.54. The van der Waals surface area contributed by atoms with Gasteiger partial charge in [-0.2, -0.15) is 0 Å². The van der Waals surface area contributed by atoms with Gasteiger partial charge >= 0.3 is 0 Å². The van der Waals surface area contributed by atoms with Gasteiger partial charge in [0.15, 0.2) is 0 Å². The van der Waals surface area contributed by atoms with Gasteiger partial charge in [0, 0.05) is 50.6 Å². The van der Waals surface area contributed by atoms with Crippen molar-refractivity contribution in [2.75, 3.05) is 18.9 Å². The Balaban J connectivity index is 1.81. The van der Waals surface area contributed by atoms with Crippen molar-refractivity contribution in [3.8, 4) is 0 Å². The maximum atomic E-state index is 12.0. The average Bonchev–Trinajstić information content (AvgIpc) is 2.96. The molecule has 0 fully saturated rings. The van der Waals surface area contributed by atoms with Gasteiger partial charge in [-0.25, -0.2) is 4.98 Å². The highest BCUT2D eigenvalue weighted by atomic mass is 16.1. The molecule has 100 valence electrons. The molecule has 0 atom stereocenters. The van der Waals surface area contributed by atoms with Crippen molar-refractivity contribution in [1.82, 2.24) is 19.9 Å². The third-order valence-corrected chi connectivity index (χ3v) is 2.77. The Kier molecular flexibility index (Phi) is 4.49. The molecule has 0 aliphatic heterocycles.